The van der Waals surface area contributed by atoms with Crippen LogP contribution in [0.1, 0.15) is 22.5 Å². The lowest BCUT2D eigenvalue weighted by atomic mass is 10.1. The standard InChI is InChI=1S/C18H23N3O2S/c1-13-7-14(2)9-15(8-13)11-24-12-17(22)20-19-10-16-5-6-18(23-16)21(3)4/h5-10H,11-12H2,1-4H3,(H,20,22)/b19-10-. The molecular formula is C18H23N3O2S. The summed E-state index contributed by atoms with van der Waals surface area (Å²) >= 11 is 1.57. The van der Waals surface area contributed by atoms with Gasteiger partial charge in [0, 0.05) is 25.9 Å². The van der Waals surface area contributed by atoms with Crippen LogP contribution in [0.4, 0.5) is 5.88 Å². The normalized spacial score (nSPS) is 11.0. The largest absolute Gasteiger partial charge is 0.440 e. The van der Waals surface area contributed by atoms with E-state index < -0.39 is 0 Å². The number of rotatable bonds is 7. The van der Waals surface area contributed by atoms with Crippen molar-refractivity contribution in [1.82, 2.24) is 5.43 Å². The van der Waals surface area contributed by atoms with Gasteiger partial charge in [-0.05, 0) is 25.5 Å². The number of nitrogens with zero attached hydrogens (tertiary/aromatic N) is 2. The molecule has 1 N–H and O–H groups in total. The Kier molecular flexibility index (Phi) is 6.49. The van der Waals surface area contributed by atoms with Gasteiger partial charge in [-0.15, -0.1) is 11.8 Å². The van der Waals surface area contributed by atoms with E-state index in [1.165, 1.54) is 22.9 Å². The molecule has 0 atom stereocenters. The zero-order chi connectivity index (χ0) is 17.5. The topological polar surface area (TPSA) is 57.8 Å². The minimum atomic E-state index is -0.125. The molecule has 0 saturated carbocycles. The molecule has 128 valence electrons. The zero-order valence-electron chi connectivity index (χ0n) is 14.5. The molecule has 5 nitrogen and oxygen atoms in total. The maximum absolute atomic E-state index is 11.8. The molecule has 24 heavy (non-hydrogen) atoms. The number of benzene rings is 1. The summed E-state index contributed by atoms with van der Waals surface area (Å²) in [4.78, 5) is 13.6. The summed E-state index contributed by atoms with van der Waals surface area (Å²) in [5, 5.41) is 3.92. The molecule has 0 bridgehead atoms. The van der Waals surface area contributed by atoms with Crippen molar-refractivity contribution in [1.29, 1.82) is 0 Å². The number of amides is 1. The second-order valence-electron chi connectivity index (χ2n) is 5.85. The number of hydrogen-bond acceptors (Lipinski definition) is 5. The number of furan rings is 1. The van der Waals surface area contributed by atoms with Crippen molar-refractivity contribution in [3.8, 4) is 0 Å². The minimum Gasteiger partial charge on any atom is -0.440 e. The second kappa shape index (κ2) is 8.59. The van der Waals surface area contributed by atoms with Gasteiger partial charge in [-0.25, -0.2) is 5.43 Å². The number of carbonyl (C=O) groups excluding carboxylic acids is 1. The van der Waals surface area contributed by atoms with Gasteiger partial charge in [0.2, 0.25) is 5.91 Å². The molecule has 2 aromatic rings. The van der Waals surface area contributed by atoms with E-state index in [0.29, 0.717) is 11.5 Å². The summed E-state index contributed by atoms with van der Waals surface area (Å²) in [5.74, 6) is 2.39. The Labute approximate surface area is 147 Å². The fraction of sp³-hybridized carbons (Fsp3) is 0.333. The van der Waals surface area contributed by atoms with E-state index in [4.69, 9.17) is 4.42 Å². The summed E-state index contributed by atoms with van der Waals surface area (Å²) < 4.78 is 5.51. The zero-order valence-corrected chi connectivity index (χ0v) is 15.3. The molecule has 1 heterocycles. The third-order valence-electron chi connectivity index (χ3n) is 3.22. The number of aryl methyl sites for hydroxylation is 2. The average Bonchev–Trinajstić information content (AvgIpc) is 2.95. The third-order valence-corrected chi connectivity index (χ3v) is 4.22. The van der Waals surface area contributed by atoms with Crippen LogP contribution in [0.2, 0.25) is 0 Å². The van der Waals surface area contributed by atoms with Crippen molar-refractivity contribution in [3.05, 3.63) is 52.8 Å². The van der Waals surface area contributed by atoms with Gasteiger partial charge in [0.15, 0.2) is 5.88 Å². The quantitative estimate of drug-likeness (QED) is 0.618. The highest BCUT2D eigenvalue weighted by atomic mass is 32.2. The Bertz CT molecular complexity index is 703. The summed E-state index contributed by atoms with van der Waals surface area (Å²) in [6.07, 6.45) is 1.50. The first-order chi connectivity index (χ1) is 11.4. The van der Waals surface area contributed by atoms with Gasteiger partial charge < -0.3 is 9.32 Å². The van der Waals surface area contributed by atoms with Gasteiger partial charge >= 0.3 is 0 Å². The third kappa shape index (κ3) is 5.77. The lowest BCUT2D eigenvalue weighted by molar-refractivity contribution is -0.118. The van der Waals surface area contributed by atoms with E-state index in [1.807, 2.05) is 25.1 Å². The van der Waals surface area contributed by atoms with Gasteiger partial charge in [0.1, 0.15) is 5.76 Å². The molecule has 0 aliphatic heterocycles. The summed E-state index contributed by atoms with van der Waals surface area (Å²) in [7, 11) is 3.79. The van der Waals surface area contributed by atoms with E-state index in [-0.39, 0.29) is 5.91 Å². The predicted molar refractivity (Wildman–Crippen MR) is 101 cm³/mol. The fourth-order valence-electron chi connectivity index (χ4n) is 2.27. The summed E-state index contributed by atoms with van der Waals surface area (Å²) in [5.41, 5.74) is 6.24. The molecular weight excluding hydrogens is 322 g/mol. The molecule has 2 rings (SSSR count). The van der Waals surface area contributed by atoms with E-state index >= 15 is 0 Å². The number of carbonyl (C=O) groups is 1. The monoisotopic (exact) mass is 345 g/mol. The molecule has 0 radical (unpaired) electrons. The van der Waals surface area contributed by atoms with Crippen molar-refractivity contribution in [3.63, 3.8) is 0 Å². The Morgan fingerprint density at radius 3 is 2.58 bits per heavy atom. The van der Waals surface area contributed by atoms with E-state index in [0.717, 1.165) is 11.6 Å². The highest BCUT2D eigenvalue weighted by molar-refractivity contribution is 7.99. The van der Waals surface area contributed by atoms with Crippen LogP contribution in [-0.2, 0) is 10.5 Å². The number of thioether (sulfide) groups is 1. The maximum atomic E-state index is 11.8. The van der Waals surface area contributed by atoms with Crippen molar-refractivity contribution >= 4 is 29.8 Å². The Balaban J connectivity index is 1.73. The van der Waals surface area contributed by atoms with Crippen LogP contribution >= 0.6 is 11.8 Å². The van der Waals surface area contributed by atoms with Crippen LogP contribution in [0.5, 0.6) is 0 Å². The van der Waals surface area contributed by atoms with E-state index in [9.17, 15) is 4.79 Å². The Morgan fingerprint density at radius 2 is 1.96 bits per heavy atom. The van der Waals surface area contributed by atoms with E-state index in [1.54, 1.807) is 17.8 Å². The SMILES string of the molecule is Cc1cc(C)cc(CSCC(=O)N/N=C\c2ccc(N(C)C)o2)c1. The van der Waals surface area contributed by atoms with Crippen LogP contribution in [0.25, 0.3) is 0 Å². The number of nitrogens with one attached hydrogen (secondary N) is 1. The van der Waals surface area contributed by atoms with Crippen LogP contribution < -0.4 is 10.3 Å². The molecule has 0 spiro atoms. The Hall–Kier alpha value is -2.21. The van der Waals surface area contributed by atoms with Gasteiger partial charge in [0.05, 0.1) is 12.0 Å². The van der Waals surface area contributed by atoms with Crippen molar-refractivity contribution in [2.75, 3.05) is 24.7 Å². The van der Waals surface area contributed by atoms with Crippen LogP contribution in [-0.4, -0.2) is 32.0 Å². The first-order valence-corrected chi connectivity index (χ1v) is 8.83. The molecule has 1 aromatic heterocycles. The van der Waals surface area contributed by atoms with Crippen LogP contribution in [0.3, 0.4) is 0 Å². The molecule has 0 unspecified atom stereocenters. The predicted octanol–water partition coefficient (Wildman–Crippen LogP) is 3.35. The summed E-state index contributed by atoms with van der Waals surface area (Å²) in [6.45, 7) is 4.16. The minimum absolute atomic E-state index is 0.125. The van der Waals surface area contributed by atoms with Crippen molar-refractivity contribution < 1.29 is 9.21 Å². The highest BCUT2D eigenvalue weighted by Gasteiger charge is 2.03. The van der Waals surface area contributed by atoms with Gasteiger partial charge in [-0.2, -0.15) is 5.10 Å². The lowest BCUT2D eigenvalue weighted by Crippen LogP contribution is -2.19. The molecule has 0 fully saturated rings. The molecule has 0 aliphatic rings. The first-order valence-electron chi connectivity index (χ1n) is 7.68. The fourth-order valence-corrected chi connectivity index (χ4v) is 3.02. The van der Waals surface area contributed by atoms with Gasteiger partial charge in [0.25, 0.3) is 0 Å². The molecule has 1 amide bonds. The van der Waals surface area contributed by atoms with Gasteiger partial charge in [-0.1, -0.05) is 29.3 Å². The number of anilines is 1. The maximum Gasteiger partial charge on any atom is 0.250 e. The highest BCUT2D eigenvalue weighted by Crippen LogP contribution is 2.16. The molecule has 0 aliphatic carbocycles. The lowest BCUT2D eigenvalue weighted by Gasteiger charge is -2.05. The number of hydrogen-bond donors (Lipinski definition) is 1. The molecule has 6 heteroatoms. The molecule has 0 saturated heterocycles. The molecule has 1 aromatic carbocycles. The van der Waals surface area contributed by atoms with Crippen LogP contribution in [0.15, 0.2) is 39.9 Å². The van der Waals surface area contributed by atoms with Gasteiger partial charge in [-0.3, -0.25) is 4.79 Å². The van der Waals surface area contributed by atoms with Crippen LogP contribution in [0, 0.1) is 13.8 Å². The van der Waals surface area contributed by atoms with E-state index in [2.05, 4.69) is 42.6 Å². The van der Waals surface area contributed by atoms with Crippen molar-refractivity contribution in [2.45, 2.75) is 19.6 Å². The Morgan fingerprint density at radius 1 is 1.25 bits per heavy atom. The second-order valence-corrected chi connectivity index (χ2v) is 6.84. The smallest absolute Gasteiger partial charge is 0.250 e. The first kappa shape index (κ1) is 18.1. The number of hydrazone groups is 1. The van der Waals surface area contributed by atoms with Crippen molar-refractivity contribution in [2.24, 2.45) is 5.10 Å². The average molecular weight is 345 g/mol. The summed E-state index contributed by atoms with van der Waals surface area (Å²) in [6, 6.07) is 10.1.